The highest BCUT2D eigenvalue weighted by Gasteiger charge is 2.47. The summed E-state index contributed by atoms with van der Waals surface area (Å²) < 4.78 is 21.8. The molecular formula is C26H31NO7. The number of ether oxygens (including phenoxy) is 4. The lowest BCUT2D eigenvalue weighted by atomic mass is 9.94. The van der Waals surface area contributed by atoms with Gasteiger partial charge < -0.3 is 29.0 Å². The van der Waals surface area contributed by atoms with Crippen LogP contribution in [0.2, 0.25) is 0 Å². The number of nitrogens with zero attached hydrogens (tertiary/aromatic N) is 1. The molecule has 1 aliphatic heterocycles. The number of ketones is 1. The summed E-state index contributed by atoms with van der Waals surface area (Å²) in [5, 5.41) is 11.2. The molecule has 0 aromatic heterocycles. The molecule has 2 aromatic carbocycles. The average Bonchev–Trinajstić information content (AvgIpc) is 3.08. The van der Waals surface area contributed by atoms with Gasteiger partial charge >= 0.3 is 0 Å². The summed E-state index contributed by atoms with van der Waals surface area (Å²) in [6, 6.07) is 11.1. The highest BCUT2D eigenvalue weighted by molar-refractivity contribution is 6.46. The lowest BCUT2D eigenvalue weighted by Crippen LogP contribution is -2.31. The molecule has 1 heterocycles. The third-order valence-corrected chi connectivity index (χ3v) is 5.51. The van der Waals surface area contributed by atoms with E-state index in [2.05, 4.69) is 0 Å². The molecule has 8 heteroatoms. The molecule has 0 spiro atoms. The summed E-state index contributed by atoms with van der Waals surface area (Å²) in [6.07, 6.45) is 0.519. The van der Waals surface area contributed by atoms with Gasteiger partial charge in [0.05, 0.1) is 31.9 Å². The molecule has 0 bridgehead atoms. The van der Waals surface area contributed by atoms with Crippen molar-refractivity contribution in [3.05, 3.63) is 59.2 Å². The van der Waals surface area contributed by atoms with Crippen LogP contribution in [0.5, 0.6) is 17.2 Å². The van der Waals surface area contributed by atoms with Gasteiger partial charge in [0, 0.05) is 31.4 Å². The standard InChI is InChI=1S/C26H31NO7/c1-16(2)34-18-12-10-17(11-13-18)23(28)21-22(19-8-6-9-20(32-4)25(19)33-5)27(14-7-15-31-3)26(30)24(21)29/h6,8-13,16,22,28H,7,14-15H2,1-5H3/b23-21+. The second kappa shape index (κ2) is 11.1. The molecular weight excluding hydrogens is 438 g/mol. The van der Waals surface area contributed by atoms with Crippen LogP contribution in [0.4, 0.5) is 0 Å². The van der Waals surface area contributed by atoms with E-state index in [1.54, 1.807) is 49.6 Å². The predicted molar refractivity (Wildman–Crippen MR) is 127 cm³/mol. The van der Waals surface area contributed by atoms with Gasteiger partial charge in [0.15, 0.2) is 11.5 Å². The molecule has 0 radical (unpaired) electrons. The largest absolute Gasteiger partial charge is 0.507 e. The van der Waals surface area contributed by atoms with Gasteiger partial charge in [-0.15, -0.1) is 0 Å². The maximum atomic E-state index is 13.2. The van der Waals surface area contributed by atoms with E-state index < -0.39 is 17.7 Å². The molecule has 1 amide bonds. The fourth-order valence-corrected chi connectivity index (χ4v) is 4.06. The SMILES string of the molecule is COCCCN1C(=O)C(=O)/C(=C(/O)c2ccc(OC(C)C)cc2)C1c1cccc(OC)c1OC. The number of Topliss-reactive ketones (excluding diaryl/α,β-unsaturated/α-hetero) is 1. The van der Waals surface area contributed by atoms with Gasteiger partial charge in [-0.1, -0.05) is 12.1 Å². The van der Waals surface area contributed by atoms with Crippen molar-refractivity contribution >= 4 is 17.4 Å². The molecule has 1 saturated heterocycles. The van der Waals surface area contributed by atoms with Crippen LogP contribution < -0.4 is 14.2 Å². The van der Waals surface area contributed by atoms with E-state index in [1.807, 2.05) is 13.8 Å². The Morgan fingerprint density at radius 3 is 2.32 bits per heavy atom. The van der Waals surface area contributed by atoms with Crippen LogP contribution in [0, 0.1) is 0 Å². The first-order chi connectivity index (χ1) is 16.3. The van der Waals surface area contributed by atoms with E-state index in [0.29, 0.717) is 41.4 Å². The van der Waals surface area contributed by atoms with E-state index in [0.717, 1.165) is 0 Å². The summed E-state index contributed by atoms with van der Waals surface area (Å²) in [6.45, 7) is 4.52. The molecule has 1 atom stereocenters. The van der Waals surface area contributed by atoms with Crippen LogP contribution in [0.25, 0.3) is 5.76 Å². The van der Waals surface area contributed by atoms with Gasteiger partial charge in [0.25, 0.3) is 11.7 Å². The molecule has 1 unspecified atom stereocenters. The zero-order valence-corrected chi connectivity index (χ0v) is 20.2. The number of rotatable bonds is 10. The Bertz CT molecular complexity index is 1060. The second-order valence-corrected chi connectivity index (χ2v) is 8.11. The normalized spacial score (nSPS) is 17.4. The van der Waals surface area contributed by atoms with Gasteiger partial charge in [0.2, 0.25) is 0 Å². The van der Waals surface area contributed by atoms with Gasteiger partial charge in [-0.2, -0.15) is 0 Å². The van der Waals surface area contributed by atoms with Crippen LogP contribution in [0.15, 0.2) is 48.0 Å². The summed E-state index contributed by atoms with van der Waals surface area (Å²) in [4.78, 5) is 27.7. The fourth-order valence-electron chi connectivity index (χ4n) is 4.06. The first-order valence-corrected chi connectivity index (χ1v) is 11.1. The minimum Gasteiger partial charge on any atom is -0.507 e. The topological polar surface area (TPSA) is 94.5 Å². The molecule has 1 aliphatic rings. The van der Waals surface area contributed by atoms with E-state index in [9.17, 15) is 14.7 Å². The minimum atomic E-state index is -0.853. The number of benzene rings is 2. The Balaban J connectivity index is 2.15. The molecule has 182 valence electrons. The number of hydrogen-bond acceptors (Lipinski definition) is 7. The van der Waals surface area contributed by atoms with Crippen LogP contribution in [-0.4, -0.2) is 62.3 Å². The van der Waals surface area contributed by atoms with E-state index in [4.69, 9.17) is 18.9 Å². The van der Waals surface area contributed by atoms with Gasteiger partial charge in [-0.25, -0.2) is 0 Å². The van der Waals surface area contributed by atoms with Crippen molar-refractivity contribution in [2.75, 3.05) is 34.5 Å². The zero-order valence-electron chi connectivity index (χ0n) is 20.2. The number of carbonyl (C=O) groups is 2. The summed E-state index contributed by atoms with van der Waals surface area (Å²) in [5.74, 6) is -0.228. The van der Waals surface area contributed by atoms with Crippen molar-refractivity contribution in [1.82, 2.24) is 4.90 Å². The van der Waals surface area contributed by atoms with E-state index >= 15 is 0 Å². The summed E-state index contributed by atoms with van der Waals surface area (Å²) in [5.41, 5.74) is 0.934. The fraction of sp³-hybridized carbons (Fsp3) is 0.385. The monoisotopic (exact) mass is 469 g/mol. The Kier molecular flexibility index (Phi) is 8.17. The molecule has 3 rings (SSSR count). The Hall–Kier alpha value is -3.52. The molecule has 1 N–H and O–H groups in total. The van der Waals surface area contributed by atoms with E-state index in [-0.39, 0.29) is 24.0 Å². The van der Waals surface area contributed by atoms with Crippen molar-refractivity contribution < 1.29 is 33.6 Å². The average molecular weight is 470 g/mol. The quantitative estimate of drug-likeness (QED) is 0.244. The Morgan fingerprint density at radius 1 is 1.03 bits per heavy atom. The smallest absolute Gasteiger partial charge is 0.295 e. The first kappa shape index (κ1) is 25.1. The number of aliphatic hydroxyl groups excluding tert-OH is 1. The molecule has 8 nitrogen and oxygen atoms in total. The lowest BCUT2D eigenvalue weighted by molar-refractivity contribution is -0.140. The van der Waals surface area contributed by atoms with Crippen LogP contribution in [-0.2, 0) is 14.3 Å². The highest BCUT2D eigenvalue weighted by Crippen LogP contribution is 2.45. The maximum Gasteiger partial charge on any atom is 0.295 e. The maximum absolute atomic E-state index is 13.2. The lowest BCUT2D eigenvalue weighted by Gasteiger charge is -2.27. The zero-order chi connectivity index (χ0) is 24.8. The van der Waals surface area contributed by atoms with Crippen molar-refractivity contribution in [1.29, 1.82) is 0 Å². The minimum absolute atomic E-state index is 0.00241. The number of aliphatic hydroxyl groups is 1. The molecule has 34 heavy (non-hydrogen) atoms. The summed E-state index contributed by atoms with van der Waals surface area (Å²) in [7, 11) is 4.58. The Labute approximate surface area is 199 Å². The molecule has 2 aromatic rings. The van der Waals surface area contributed by atoms with Gasteiger partial charge in [-0.3, -0.25) is 9.59 Å². The van der Waals surface area contributed by atoms with Gasteiger partial charge in [0.1, 0.15) is 11.5 Å². The Morgan fingerprint density at radius 2 is 1.74 bits per heavy atom. The number of hydrogen-bond donors (Lipinski definition) is 1. The first-order valence-electron chi connectivity index (χ1n) is 11.1. The highest BCUT2D eigenvalue weighted by atomic mass is 16.5. The number of para-hydroxylation sites is 1. The van der Waals surface area contributed by atoms with Crippen LogP contribution in [0.1, 0.15) is 37.4 Å². The summed E-state index contributed by atoms with van der Waals surface area (Å²) >= 11 is 0. The van der Waals surface area contributed by atoms with E-state index in [1.165, 1.54) is 19.1 Å². The molecule has 0 aliphatic carbocycles. The third-order valence-electron chi connectivity index (χ3n) is 5.51. The van der Waals surface area contributed by atoms with Crippen molar-refractivity contribution in [2.45, 2.75) is 32.4 Å². The molecule has 1 fully saturated rings. The number of carbonyl (C=O) groups excluding carboxylic acids is 2. The molecule has 0 saturated carbocycles. The number of likely N-dealkylation sites (tertiary alicyclic amines) is 1. The van der Waals surface area contributed by atoms with Gasteiger partial charge in [-0.05, 0) is 50.6 Å². The second-order valence-electron chi connectivity index (χ2n) is 8.11. The number of amides is 1. The van der Waals surface area contributed by atoms with Crippen LogP contribution >= 0.6 is 0 Å². The third kappa shape index (κ3) is 5.02. The van der Waals surface area contributed by atoms with Crippen molar-refractivity contribution in [3.8, 4) is 17.2 Å². The number of methoxy groups -OCH3 is 3. The van der Waals surface area contributed by atoms with Crippen LogP contribution in [0.3, 0.4) is 0 Å². The predicted octanol–water partition coefficient (Wildman–Crippen LogP) is 3.95. The van der Waals surface area contributed by atoms with Crippen molar-refractivity contribution in [2.24, 2.45) is 0 Å². The van der Waals surface area contributed by atoms with Crippen molar-refractivity contribution in [3.63, 3.8) is 0 Å².